The lowest BCUT2D eigenvalue weighted by atomic mass is 10.2. The van der Waals surface area contributed by atoms with Gasteiger partial charge < -0.3 is 15.3 Å². The van der Waals surface area contributed by atoms with E-state index < -0.39 is 0 Å². The Morgan fingerprint density at radius 1 is 1.37 bits per heavy atom. The van der Waals surface area contributed by atoms with Gasteiger partial charge in [0.05, 0.1) is 18.2 Å². The summed E-state index contributed by atoms with van der Waals surface area (Å²) < 4.78 is 0. The Balaban J connectivity index is 2.40. The fraction of sp³-hybridized carbons (Fsp3) is 0.429. The van der Waals surface area contributed by atoms with Crippen LogP contribution >= 0.6 is 0 Å². The monoisotopic (exact) mass is 261 g/mol. The number of hydrogen-bond acceptors (Lipinski definition) is 4. The zero-order chi connectivity index (χ0) is 14.1. The lowest BCUT2D eigenvalue weighted by Gasteiger charge is -2.18. The molecule has 0 aromatic heterocycles. The van der Waals surface area contributed by atoms with Gasteiger partial charge in [0.2, 0.25) is 5.91 Å². The lowest BCUT2D eigenvalue weighted by molar-refractivity contribution is -0.116. The number of aliphatic hydroxyl groups excluding tert-OH is 1. The highest BCUT2D eigenvalue weighted by molar-refractivity contribution is 5.90. The summed E-state index contributed by atoms with van der Waals surface area (Å²) in [5.74, 6) is -0.0684. The van der Waals surface area contributed by atoms with Crippen LogP contribution in [0.25, 0.3) is 0 Å². The number of nitriles is 1. The van der Waals surface area contributed by atoms with Gasteiger partial charge in [-0.3, -0.25) is 4.79 Å². The fourth-order valence-electron chi connectivity index (χ4n) is 1.68. The van der Waals surface area contributed by atoms with Crippen LogP contribution in [0, 0.1) is 11.3 Å². The Hall–Kier alpha value is -1.90. The van der Waals surface area contributed by atoms with Crippen molar-refractivity contribution in [3.05, 3.63) is 29.8 Å². The summed E-state index contributed by atoms with van der Waals surface area (Å²) in [6.07, 6.45) is 0.383. The molecule has 0 fully saturated rings. The maximum atomic E-state index is 11.7. The second kappa shape index (κ2) is 8.25. The first-order valence-electron chi connectivity index (χ1n) is 6.32. The third-order valence-electron chi connectivity index (χ3n) is 2.82. The average Bonchev–Trinajstić information content (AvgIpc) is 2.44. The van der Waals surface area contributed by atoms with Gasteiger partial charge in [0.1, 0.15) is 0 Å². The first-order valence-corrected chi connectivity index (χ1v) is 6.32. The van der Waals surface area contributed by atoms with E-state index in [0.717, 1.165) is 6.54 Å². The number of likely N-dealkylation sites (N-methyl/N-ethyl adjacent to an activating group) is 1. The molecule has 0 aliphatic rings. The summed E-state index contributed by atoms with van der Waals surface area (Å²) in [6, 6.07) is 8.78. The summed E-state index contributed by atoms with van der Waals surface area (Å²) in [6.45, 7) is 4.11. The van der Waals surface area contributed by atoms with Crippen molar-refractivity contribution in [2.45, 2.75) is 13.3 Å². The van der Waals surface area contributed by atoms with E-state index in [9.17, 15) is 4.79 Å². The molecule has 0 saturated heterocycles. The molecule has 0 bridgehead atoms. The Morgan fingerprint density at radius 2 is 2.05 bits per heavy atom. The number of rotatable bonds is 7. The zero-order valence-electron chi connectivity index (χ0n) is 11.1. The lowest BCUT2D eigenvalue weighted by Crippen LogP contribution is -2.30. The van der Waals surface area contributed by atoms with Crippen LogP contribution in [0.3, 0.4) is 0 Å². The summed E-state index contributed by atoms with van der Waals surface area (Å²) in [4.78, 5) is 13.7. The average molecular weight is 261 g/mol. The van der Waals surface area contributed by atoms with Crippen LogP contribution in [0.5, 0.6) is 0 Å². The molecule has 1 aromatic carbocycles. The van der Waals surface area contributed by atoms with E-state index in [1.54, 1.807) is 24.3 Å². The van der Waals surface area contributed by atoms with E-state index in [4.69, 9.17) is 10.4 Å². The van der Waals surface area contributed by atoms with Crippen LogP contribution in [0.1, 0.15) is 18.9 Å². The van der Waals surface area contributed by atoms with Crippen molar-refractivity contribution in [3.63, 3.8) is 0 Å². The van der Waals surface area contributed by atoms with Crippen molar-refractivity contribution in [2.24, 2.45) is 0 Å². The quantitative estimate of drug-likeness (QED) is 0.773. The van der Waals surface area contributed by atoms with Crippen LogP contribution in [0.4, 0.5) is 5.69 Å². The van der Waals surface area contributed by atoms with E-state index in [2.05, 4.69) is 5.32 Å². The number of benzene rings is 1. The van der Waals surface area contributed by atoms with Gasteiger partial charge in [0.25, 0.3) is 0 Å². The first kappa shape index (κ1) is 15.2. The number of amides is 1. The van der Waals surface area contributed by atoms with Crippen molar-refractivity contribution in [1.29, 1.82) is 5.26 Å². The minimum Gasteiger partial charge on any atom is -0.395 e. The predicted molar refractivity (Wildman–Crippen MR) is 73.6 cm³/mol. The second-order valence-electron chi connectivity index (χ2n) is 4.15. The summed E-state index contributed by atoms with van der Waals surface area (Å²) in [7, 11) is 0. The normalized spacial score (nSPS) is 10.2. The molecule has 0 heterocycles. The molecule has 5 nitrogen and oxygen atoms in total. The number of hydrogen-bond donors (Lipinski definition) is 2. The molecule has 0 radical (unpaired) electrons. The molecule has 0 spiro atoms. The number of carbonyl (C=O) groups excluding carboxylic acids is 1. The largest absolute Gasteiger partial charge is 0.395 e. The SMILES string of the molecule is CCN(CCO)CCC(=O)Nc1ccc(C#N)cc1. The van der Waals surface area contributed by atoms with E-state index in [-0.39, 0.29) is 12.5 Å². The van der Waals surface area contributed by atoms with Gasteiger partial charge in [0.15, 0.2) is 0 Å². The second-order valence-corrected chi connectivity index (χ2v) is 4.15. The third-order valence-corrected chi connectivity index (χ3v) is 2.82. The molecule has 1 aromatic rings. The van der Waals surface area contributed by atoms with E-state index in [1.807, 2.05) is 17.9 Å². The maximum Gasteiger partial charge on any atom is 0.225 e. The molecule has 0 aliphatic heterocycles. The first-order chi connectivity index (χ1) is 9.19. The highest BCUT2D eigenvalue weighted by Gasteiger charge is 2.06. The van der Waals surface area contributed by atoms with Gasteiger partial charge in [-0.1, -0.05) is 6.92 Å². The van der Waals surface area contributed by atoms with Crippen LogP contribution in [-0.2, 0) is 4.79 Å². The minimum absolute atomic E-state index is 0.0684. The number of carbonyl (C=O) groups is 1. The van der Waals surface area contributed by atoms with Gasteiger partial charge in [-0.2, -0.15) is 5.26 Å². The highest BCUT2D eigenvalue weighted by atomic mass is 16.3. The van der Waals surface area contributed by atoms with Crippen LogP contribution < -0.4 is 5.32 Å². The van der Waals surface area contributed by atoms with Crippen molar-refractivity contribution >= 4 is 11.6 Å². The van der Waals surface area contributed by atoms with Crippen LogP contribution in [0.15, 0.2) is 24.3 Å². The molecule has 2 N–H and O–H groups in total. The van der Waals surface area contributed by atoms with E-state index in [0.29, 0.717) is 30.8 Å². The molecule has 102 valence electrons. The molecule has 0 unspecified atom stereocenters. The summed E-state index contributed by atoms with van der Waals surface area (Å²) >= 11 is 0. The highest BCUT2D eigenvalue weighted by Crippen LogP contribution is 2.09. The van der Waals surface area contributed by atoms with E-state index in [1.165, 1.54) is 0 Å². The van der Waals surface area contributed by atoms with Crippen molar-refractivity contribution in [2.75, 3.05) is 31.6 Å². The molecular weight excluding hydrogens is 242 g/mol. The number of aliphatic hydroxyl groups is 1. The third kappa shape index (κ3) is 5.51. The van der Waals surface area contributed by atoms with Crippen molar-refractivity contribution < 1.29 is 9.90 Å². The van der Waals surface area contributed by atoms with Crippen LogP contribution in [0.2, 0.25) is 0 Å². The smallest absolute Gasteiger partial charge is 0.225 e. The molecule has 19 heavy (non-hydrogen) atoms. The Bertz CT molecular complexity index is 437. The molecule has 0 saturated carbocycles. The Kier molecular flexibility index (Phi) is 6.58. The molecular formula is C14H19N3O2. The number of nitrogens with zero attached hydrogens (tertiary/aromatic N) is 2. The van der Waals surface area contributed by atoms with Gasteiger partial charge in [-0.05, 0) is 30.8 Å². The molecule has 1 rings (SSSR count). The fourth-order valence-corrected chi connectivity index (χ4v) is 1.68. The Morgan fingerprint density at radius 3 is 2.58 bits per heavy atom. The Labute approximate surface area is 113 Å². The predicted octanol–water partition coefficient (Wildman–Crippen LogP) is 1.20. The van der Waals surface area contributed by atoms with Gasteiger partial charge in [-0.15, -0.1) is 0 Å². The summed E-state index contributed by atoms with van der Waals surface area (Å²) in [5.41, 5.74) is 1.26. The van der Waals surface area contributed by atoms with E-state index >= 15 is 0 Å². The number of nitrogens with one attached hydrogen (secondary N) is 1. The maximum absolute atomic E-state index is 11.7. The minimum atomic E-state index is -0.0684. The molecule has 1 amide bonds. The van der Waals surface area contributed by atoms with Gasteiger partial charge in [0, 0.05) is 25.2 Å². The standard InChI is InChI=1S/C14H19N3O2/c1-2-17(9-10-18)8-7-14(19)16-13-5-3-12(11-15)4-6-13/h3-6,18H,2,7-10H2,1H3,(H,16,19). The molecule has 5 heteroatoms. The zero-order valence-corrected chi connectivity index (χ0v) is 11.1. The van der Waals surface area contributed by atoms with Crippen LogP contribution in [-0.4, -0.2) is 42.2 Å². The number of anilines is 1. The van der Waals surface area contributed by atoms with Crippen molar-refractivity contribution in [3.8, 4) is 6.07 Å². The van der Waals surface area contributed by atoms with Gasteiger partial charge in [-0.25, -0.2) is 0 Å². The molecule has 0 atom stereocenters. The summed E-state index contributed by atoms with van der Waals surface area (Å²) in [5, 5.41) is 20.3. The van der Waals surface area contributed by atoms with Gasteiger partial charge >= 0.3 is 0 Å². The molecule has 0 aliphatic carbocycles. The van der Waals surface area contributed by atoms with Crippen molar-refractivity contribution in [1.82, 2.24) is 4.90 Å². The topological polar surface area (TPSA) is 76.4 Å².